The van der Waals surface area contributed by atoms with Gasteiger partial charge in [-0.05, 0) is 55.5 Å². The first-order chi connectivity index (χ1) is 12.0. The van der Waals surface area contributed by atoms with Crippen molar-refractivity contribution in [3.63, 3.8) is 0 Å². The van der Waals surface area contributed by atoms with E-state index in [1.165, 1.54) is 12.1 Å². The zero-order chi connectivity index (χ0) is 17.8. The van der Waals surface area contributed by atoms with E-state index >= 15 is 0 Å². The van der Waals surface area contributed by atoms with Crippen LogP contribution in [0, 0.1) is 5.82 Å². The number of hydrogen-bond donors (Lipinski definition) is 3. The molecule has 0 saturated carbocycles. The Morgan fingerprint density at radius 1 is 1.04 bits per heavy atom. The molecule has 0 saturated heterocycles. The molecule has 1 heterocycles. The average Bonchev–Trinajstić information content (AvgIpc) is 3.00. The molecule has 0 aliphatic rings. The second-order valence-corrected chi connectivity index (χ2v) is 5.29. The Hall–Kier alpha value is -3.35. The van der Waals surface area contributed by atoms with Gasteiger partial charge in [-0.25, -0.2) is 9.18 Å². The van der Waals surface area contributed by atoms with Crippen LogP contribution in [0.5, 0.6) is 0 Å². The van der Waals surface area contributed by atoms with Crippen LogP contribution in [0.4, 0.5) is 20.6 Å². The first-order valence-corrected chi connectivity index (χ1v) is 7.68. The lowest BCUT2D eigenvalue weighted by Crippen LogP contribution is -2.14. The molecule has 25 heavy (non-hydrogen) atoms. The van der Waals surface area contributed by atoms with E-state index in [-0.39, 0.29) is 18.3 Å². The highest BCUT2D eigenvalue weighted by molar-refractivity contribution is 6.06. The van der Waals surface area contributed by atoms with E-state index in [0.717, 1.165) is 0 Å². The number of aromatic nitrogens is 1. The lowest BCUT2D eigenvalue weighted by molar-refractivity contribution is 0.102. The van der Waals surface area contributed by atoms with Crippen molar-refractivity contribution in [2.75, 3.05) is 17.2 Å². The summed E-state index contributed by atoms with van der Waals surface area (Å²) in [5.41, 5.74) is 2.12. The van der Waals surface area contributed by atoms with Crippen LogP contribution >= 0.6 is 0 Å². The van der Waals surface area contributed by atoms with Gasteiger partial charge in [-0.15, -0.1) is 0 Å². The number of nitrogens with one attached hydrogen (secondary N) is 3. The van der Waals surface area contributed by atoms with Crippen LogP contribution in [0.1, 0.15) is 17.4 Å². The number of halogens is 1. The average molecular weight is 341 g/mol. The second kappa shape index (κ2) is 7.04. The fourth-order valence-corrected chi connectivity index (χ4v) is 2.35. The minimum Gasteiger partial charge on any atom is -0.450 e. The van der Waals surface area contributed by atoms with E-state index in [1.807, 2.05) is 0 Å². The van der Waals surface area contributed by atoms with Crippen molar-refractivity contribution >= 4 is 34.3 Å². The van der Waals surface area contributed by atoms with Gasteiger partial charge in [-0.1, -0.05) is 0 Å². The van der Waals surface area contributed by atoms with Crippen molar-refractivity contribution in [2.24, 2.45) is 0 Å². The van der Waals surface area contributed by atoms with Crippen molar-refractivity contribution < 1.29 is 18.7 Å². The van der Waals surface area contributed by atoms with E-state index in [1.54, 1.807) is 43.3 Å². The van der Waals surface area contributed by atoms with Crippen molar-refractivity contribution in [2.45, 2.75) is 6.92 Å². The molecule has 3 aromatic rings. The molecule has 0 aliphatic heterocycles. The lowest BCUT2D eigenvalue weighted by Gasteiger charge is -2.07. The molecule has 0 aliphatic carbocycles. The maximum absolute atomic E-state index is 13.2. The summed E-state index contributed by atoms with van der Waals surface area (Å²) in [6.45, 7) is 2.00. The zero-order valence-electron chi connectivity index (χ0n) is 13.4. The van der Waals surface area contributed by atoms with E-state index < -0.39 is 6.09 Å². The summed E-state index contributed by atoms with van der Waals surface area (Å²) < 4.78 is 18.0. The van der Waals surface area contributed by atoms with Crippen molar-refractivity contribution in [3.05, 3.63) is 60.0 Å². The maximum Gasteiger partial charge on any atom is 0.411 e. The standard InChI is InChI=1S/C18H16FN3O3/c1-2-25-18(24)21-14-6-4-13(5-7-14)20-17(23)16-10-11-9-12(19)3-8-15(11)22-16/h3-10,22H,2H2,1H3,(H,20,23)(H,21,24). The smallest absolute Gasteiger partial charge is 0.411 e. The van der Waals surface area contributed by atoms with Crippen LogP contribution in [0.3, 0.4) is 0 Å². The van der Waals surface area contributed by atoms with Crippen LogP contribution in [-0.4, -0.2) is 23.6 Å². The summed E-state index contributed by atoms with van der Waals surface area (Å²) in [6.07, 6.45) is -0.537. The SMILES string of the molecule is CCOC(=O)Nc1ccc(NC(=O)c2cc3cc(F)ccc3[nH]2)cc1. The molecular weight excluding hydrogens is 325 g/mol. The van der Waals surface area contributed by atoms with Gasteiger partial charge in [0.2, 0.25) is 0 Å². The normalized spacial score (nSPS) is 10.5. The van der Waals surface area contributed by atoms with E-state index in [0.29, 0.717) is 28.0 Å². The number of anilines is 2. The van der Waals surface area contributed by atoms with Crippen molar-refractivity contribution in [3.8, 4) is 0 Å². The Morgan fingerprint density at radius 3 is 2.40 bits per heavy atom. The number of H-pyrrole nitrogens is 1. The van der Waals surface area contributed by atoms with Crippen LogP contribution in [-0.2, 0) is 4.74 Å². The second-order valence-electron chi connectivity index (χ2n) is 5.29. The third-order valence-corrected chi connectivity index (χ3v) is 3.49. The Labute approximate surface area is 143 Å². The largest absolute Gasteiger partial charge is 0.450 e. The molecule has 0 unspecified atom stereocenters. The van der Waals surface area contributed by atoms with Crippen LogP contribution in [0.15, 0.2) is 48.5 Å². The predicted octanol–water partition coefficient (Wildman–Crippen LogP) is 4.13. The minimum absolute atomic E-state index is 0.286. The van der Waals surface area contributed by atoms with Crippen molar-refractivity contribution in [1.29, 1.82) is 0 Å². The molecule has 0 radical (unpaired) electrons. The highest BCUT2D eigenvalue weighted by atomic mass is 19.1. The Balaban J connectivity index is 1.68. The quantitative estimate of drug-likeness (QED) is 0.667. The first kappa shape index (κ1) is 16.5. The summed E-state index contributed by atoms with van der Waals surface area (Å²) in [4.78, 5) is 26.6. The topological polar surface area (TPSA) is 83.2 Å². The maximum atomic E-state index is 13.2. The van der Waals surface area contributed by atoms with Gasteiger partial charge in [-0.3, -0.25) is 10.1 Å². The summed E-state index contributed by atoms with van der Waals surface area (Å²) in [5, 5.41) is 5.92. The van der Waals surface area contributed by atoms with Crippen LogP contribution < -0.4 is 10.6 Å². The molecule has 2 aromatic carbocycles. The van der Waals surface area contributed by atoms with E-state index in [2.05, 4.69) is 15.6 Å². The Bertz CT molecular complexity index is 919. The monoisotopic (exact) mass is 341 g/mol. The minimum atomic E-state index is -0.537. The van der Waals surface area contributed by atoms with Crippen LogP contribution in [0.25, 0.3) is 10.9 Å². The summed E-state index contributed by atoms with van der Waals surface area (Å²) in [7, 11) is 0. The van der Waals surface area contributed by atoms with Gasteiger partial charge in [0.1, 0.15) is 11.5 Å². The molecule has 3 N–H and O–H groups in total. The fraction of sp³-hybridized carbons (Fsp3) is 0.111. The van der Waals surface area contributed by atoms with E-state index in [9.17, 15) is 14.0 Å². The zero-order valence-corrected chi connectivity index (χ0v) is 13.4. The summed E-state index contributed by atoms with van der Waals surface area (Å²) >= 11 is 0. The lowest BCUT2D eigenvalue weighted by atomic mass is 10.2. The van der Waals surface area contributed by atoms with Gasteiger partial charge in [0.25, 0.3) is 5.91 Å². The third-order valence-electron chi connectivity index (χ3n) is 3.49. The van der Waals surface area contributed by atoms with Gasteiger partial charge in [0.15, 0.2) is 0 Å². The van der Waals surface area contributed by atoms with Crippen LogP contribution in [0.2, 0.25) is 0 Å². The van der Waals surface area contributed by atoms with Gasteiger partial charge in [0.05, 0.1) is 6.61 Å². The van der Waals surface area contributed by atoms with Gasteiger partial charge < -0.3 is 15.0 Å². The molecule has 2 amide bonds. The van der Waals surface area contributed by atoms with Gasteiger partial charge >= 0.3 is 6.09 Å². The number of amides is 2. The third kappa shape index (κ3) is 3.95. The first-order valence-electron chi connectivity index (χ1n) is 7.68. The molecule has 0 bridgehead atoms. The van der Waals surface area contributed by atoms with Crippen molar-refractivity contribution in [1.82, 2.24) is 4.98 Å². The molecule has 7 heteroatoms. The number of hydrogen-bond acceptors (Lipinski definition) is 3. The number of carbonyl (C=O) groups is 2. The Morgan fingerprint density at radius 2 is 1.72 bits per heavy atom. The molecule has 6 nitrogen and oxygen atoms in total. The predicted molar refractivity (Wildman–Crippen MR) is 93.3 cm³/mol. The highest BCUT2D eigenvalue weighted by Gasteiger charge is 2.10. The molecule has 128 valence electrons. The van der Waals surface area contributed by atoms with Gasteiger partial charge in [-0.2, -0.15) is 0 Å². The molecule has 3 rings (SSSR count). The highest BCUT2D eigenvalue weighted by Crippen LogP contribution is 2.19. The van der Waals surface area contributed by atoms with Gasteiger partial charge in [0, 0.05) is 22.3 Å². The number of aromatic amines is 1. The molecular formula is C18H16FN3O3. The number of rotatable bonds is 4. The summed E-state index contributed by atoms with van der Waals surface area (Å²) in [5.74, 6) is -0.703. The molecule has 0 atom stereocenters. The molecule has 0 spiro atoms. The number of carbonyl (C=O) groups excluding carboxylic acids is 2. The number of fused-ring (bicyclic) bond motifs is 1. The number of ether oxygens (including phenoxy) is 1. The summed E-state index contributed by atoms with van der Waals surface area (Å²) in [6, 6.07) is 12.5. The van der Waals surface area contributed by atoms with E-state index in [4.69, 9.17) is 4.74 Å². The fourth-order valence-electron chi connectivity index (χ4n) is 2.35. The number of benzene rings is 2. The molecule has 1 aromatic heterocycles. The molecule has 0 fully saturated rings. The Kier molecular flexibility index (Phi) is 4.65.